The second kappa shape index (κ2) is 8.47. The molecule has 1 saturated heterocycles. The monoisotopic (exact) mass is 398 g/mol. The number of rotatable bonds is 6. The van der Waals surface area contributed by atoms with Crippen molar-refractivity contribution in [2.75, 3.05) is 31.1 Å². The van der Waals surface area contributed by atoms with Crippen molar-refractivity contribution in [3.63, 3.8) is 0 Å². The number of nitrogens with zero attached hydrogens (tertiary/aromatic N) is 6. The molecule has 0 N–H and O–H groups in total. The van der Waals surface area contributed by atoms with Crippen LogP contribution in [-0.2, 0) is 17.6 Å². The van der Waals surface area contributed by atoms with Gasteiger partial charge < -0.3 is 14.2 Å². The van der Waals surface area contributed by atoms with Crippen molar-refractivity contribution >= 4 is 23.3 Å². The van der Waals surface area contributed by atoms with Gasteiger partial charge in [0.1, 0.15) is 5.01 Å². The van der Waals surface area contributed by atoms with Gasteiger partial charge in [-0.05, 0) is 18.6 Å². The maximum absolute atomic E-state index is 12.6. The van der Waals surface area contributed by atoms with E-state index >= 15 is 0 Å². The van der Waals surface area contributed by atoms with E-state index in [1.165, 1.54) is 0 Å². The Hall–Kier alpha value is -2.81. The average Bonchev–Trinajstić information content (AvgIpc) is 3.42. The molecule has 0 aliphatic carbocycles. The Labute approximate surface area is 167 Å². The van der Waals surface area contributed by atoms with E-state index < -0.39 is 0 Å². The molecule has 0 saturated carbocycles. The number of piperazine rings is 1. The third kappa shape index (κ3) is 4.19. The number of hydrogen-bond donors (Lipinski definition) is 0. The second-order valence-electron chi connectivity index (χ2n) is 6.58. The number of aryl methyl sites for hydroxylation is 2. The van der Waals surface area contributed by atoms with Gasteiger partial charge in [0.05, 0.1) is 5.69 Å². The van der Waals surface area contributed by atoms with Gasteiger partial charge in [-0.1, -0.05) is 12.0 Å². The third-order valence-electron chi connectivity index (χ3n) is 4.74. The summed E-state index contributed by atoms with van der Waals surface area (Å²) in [5.74, 6) is 0.806. The summed E-state index contributed by atoms with van der Waals surface area (Å²) >= 11 is 1.60. The normalized spacial score (nSPS) is 14.5. The first-order valence-electron chi connectivity index (χ1n) is 9.43. The smallest absolute Gasteiger partial charge is 0.318 e. The van der Waals surface area contributed by atoms with Gasteiger partial charge in [0.15, 0.2) is 0 Å². The van der Waals surface area contributed by atoms with E-state index in [0.717, 1.165) is 22.7 Å². The van der Waals surface area contributed by atoms with E-state index in [4.69, 9.17) is 4.42 Å². The van der Waals surface area contributed by atoms with Gasteiger partial charge in [0.25, 0.3) is 0 Å². The van der Waals surface area contributed by atoms with Crippen LogP contribution in [0.4, 0.5) is 6.01 Å². The topological polar surface area (TPSA) is 88.3 Å². The number of amides is 1. The summed E-state index contributed by atoms with van der Waals surface area (Å²) in [6.07, 6.45) is 5.38. The molecule has 0 spiro atoms. The first kappa shape index (κ1) is 18.5. The third-order valence-corrected chi connectivity index (χ3v) is 5.68. The fraction of sp³-hybridized carbons (Fsp3) is 0.421. The number of aromatic nitrogens is 4. The zero-order chi connectivity index (χ0) is 19.3. The van der Waals surface area contributed by atoms with E-state index in [1.807, 2.05) is 34.2 Å². The predicted octanol–water partition coefficient (Wildman–Crippen LogP) is 2.43. The van der Waals surface area contributed by atoms with E-state index in [0.29, 0.717) is 50.9 Å². The molecule has 28 heavy (non-hydrogen) atoms. The number of hydrogen-bond acceptors (Lipinski definition) is 8. The van der Waals surface area contributed by atoms with Crippen LogP contribution < -0.4 is 4.90 Å². The van der Waals surface area contributed by atoms with Crippen molar-refractivity contribution in [2.24, 2.45) is 0 Å². The molecule has 3 aromatic rings. The van der Waals surface area contributed by atoms with Gasteiger partial charge >= 0.3 is 6.01 Å². The molecule has 146 valence electrons. The standard InChI is InChI=1S/C19H22N6O2S/c1-2-16-22-23-19(27-16)25-11-9-24(10-12-25)17(26)4-3-15-13-28-18(21-15)14-5-7-20-8-6-14/h5-8,13H,2-4,9-12H2,1H3. The summed E-state index contributed by atoms with van der Waals surface area (Å²) in [6.45, 7) is 4.74. The Balaban J connectivity index is 1.26. The lowest BCUT2D eigenvalue weighted by Gasteiger charge is -2.33. The fourth-order valence-electron chi connectivity index (χ4n) is 3.10. The molecule has 1 fully saturated rings. The van der Waals surface area contributed by atoms with Crippen molar-refractivity contribution < 1.29 is 9.21 Å². The maximum Gasteiger partial charge on any atom is 0.318 e. The van der Waals surface area contributed by atoms with E-state index in [2.05, 4.69) is 20.2 Å². The van der Waals surface area contributed by atoms with E-state index in [9.17, 15) is 4.79 Å². The highest BCUT2D eigenvalue weighted by molar-refractivity contribution is 7.13. The van der Waals surface area contributed by atoms with Gasteiger partial charge in [-0.3, -0.25) is 9.78 Å². The highest BCUT2D eigenvalue weighted by Crippen LogP contribution is 2.23. The van der Waals surface area contributed by atoms with Crippen LogP contribution in [0.3, 0.4) is 0 Å². The van der Waals surface area contributed by atoms with Crippen LogP contribution in [-0.4, -0.2) is 57.2 Å². The molecule has 1 aliphatic heterocycles. The molecule has 1 amide bonds. The summed E-state index contributed by atoms with van der Waals surface area (Å²) in [6, 6.07) is 4.44. The molecule has 4 rings (SSSR count). The summed E-state index contributed by atoms with van der Waals surface area (Å²) in [5.41, 5.74) is 2.02. The van der Waals surface area contributed by atoms with Crippen molar-refractivity contribution in [3.05, 3.63) is 41.5 Å². The quantitative estimate of drug-likeness (QED) is 0.630. The highest BCUT2D eigenvalue weighted by Gasteiger charge is 2.24. The summed E-state index contributed by atoms with van der Waals surface area (Å²) in [7, 11) is 0. The molecule has 3 aromatic heterocycles. The largest absolute Gasteiger partial charge is 0.408 e. The highest BCUT2D eigenvalue weighted by atomic mass is 32.1. The summed E-state index contributed by atoms with van der Waals surface area (Å²) in [5, 5.41) is 11.1. The zero-order valence-electron chi connectivity index (χ0n) is 15.7. The van der Waals surface area contributed by atoms with Gasteiger partial charge in [0.2, 0.25) is 11.8 Å². The first-order chi connectivity index (χ1) is 13.7. The molecular formula is C19H22N6O2S. The van der Waals surface area contributed by atoms with E-state index in [1.54, 1.807) is 23.7 Å². The van der Waals surface area contributed by atoms with Crippen LogP contribution in [0.2, 0.25) is 0 Å². The number of thiazole rings is 1. The van der Waals surface area contributed by atoms with Crippen LogP contribution in [0.5, 0.6) is 0 Å². The minimum Gasteiger partial charge on any atom is -0.408 e. The molecule has 0 atom stereocenters. The van der Waals surface area contributed by atoms with Crippen molar-refractivity contribution in [2.45, 2.75) is 26.2 Å². The lowest BCUT2D eigenvalue weighted by molar-refractivity contribution is -0.131. The Morgan fingerprint density at radius 2 is 1.96 bits per heavy atom. The Bertz CT molecular complexity index is 917. The molecule has 0 unspecified atom stereocenters. The SMILES string of the molecule is CCc1nnc(N2CCN(C(=O)CCc3csc(-c4ccncc4)n3)CC2)o1. The molecular weight excluding hydrogens is 376 g/mol. The Kier molecular flexibility index (Phi) is 5.61. The minimum absolute atomic E-state index is 0.165. The molecule has 0 radical (unpaired) electrons. The predicted molar refractivity (Wildman–Crippen MR) is 106 cm³/mol. The van der Waals surface area contributed by atoms with E-state index in [-0.39, 0.29) is 5.91 Å². The van der Waals surface area contributed by atoms with Crippen LogP contribution in [0, 0.1) is 0 Å². The zero-order valence-corrected chi connectivity index (χ0v) is 16.6. The van der Waals surface area contributed by atoms with Gasteiger partial charge in [-0.25, -0.2) is 4.98 Å². The van der Waals surface area contributed by atoms with Crippen molar-refractivity contribution in [3.8, 4) is 10.6 Å². The van der Waals surface area contributed by atoms with Crippen LogP contribution in [0.15, 0.2) is 34.3 Å². The molecule has 0 bridgehead atoms. The van der Waals surface area contributed by atoms with Crippen LogP contribution >= 0.6 is 11.3 Å². The van der Waals surface area contributed by atoms with Gasteiger partial charge in [-0.2, -0.15) is 0 Å². The van der Waals surface area contributed by atoms with Crippen molar-refractivity contribution in [1.29, 1.82) is 0 Å². The maximum atomic E-state index is 12.6. The van der Waals surface area contributed by atoms with Crippen LogP contribution in [0.25, 0.3) is 10.6 Å². The molecule has 1 aliphatic rings. The number of carbonyl (C=O) groups excluding carboxylic acids is 1. The van der Waals surface area contributed by atoms with Gasteiger partial charge in [0, 0.05) is 62.4 Å². The number of pyridine rings is 1. The minimum atomic E-state index is 0.165. The Morgan fingerprint density at radius 3 is 2.68 bits per heavy atom. The number of carbonyl (C=O) groups is 1. The lowest BCUT2D eigenvalue weighted by atomic mass is 10.2. The molecule has 4 heterocycles. The average molecular weight is 398 g/mol. The van der Waals surface area contributed by atoms with Crippen molar-refractivity contribution in [1.82, 2.24) is 25.1 Å². The first-order valence-corrected chi connectivity index (χ1v) is 10.3. The summed E-state index contributed by atoms with van der Waals surface area (Å²) in [4.78, 5) is 25.2. The Morgan fingerprint density at radius 1 is 1.18 bits per heavy atom. The molecule has 0 aromatic carbocycles. The fourth-order valence-corrected chi connectivity index (χ4v) is 3.96. The van der Waals surface area contributed by atoms with Gasteiger partial charge in [-0.15, -0.1) is 16.4 Å². The molecule has 8 nitrogen and oxygen atoms in total. The molecule has 9 heteroatoms. The second-order valence-corrected chi connectivity index (χ2v) is 7.44. The number of anilines is 1. The van der Waals surface area contributed by atoms with Crippen LogP contribution in [0.1, 0.15) is 24.9 Å². The summed E-state index contributed by atoms with van der Waals surface area (Å²) < 4.78 is 5.60. The lowest BCUT2D eigenvalue weighted by Crippen LogP contribution is -2.49.